The third kappa shape index (κ3) is 11.2. The molecule has 10 nitrogen and oxygen atoms in total. The zero-order valence-corrected chi connectivity index (χ0v) is 31.0. The van der Waals surface area contributed by atoms with Crippen molar-refractivity contribution in [3.05, 3.63) is 118 Å². The number of hydrogen-bond acceptors (Lipinski definition) is 8. The quantitative estimate of drug-likeness (QED) is 0.0614. The second-order valence-electron chi connectivity index (χ2n) is 13.1. The van der Waals surface area contributed by atoms with E-state index in [4.69, 9.17) is 31.4 Å². The number of ether oxygens (including phenoxy) is 3. The van der Waals surface area contributed by atoms with Crippen LogP contribution in [-0.4, -0.2) is 58.3 Å². The number of nitrogens with two attached hydrogens (primary N) is 3. The highest BCUT2D eigenvalue weighted by molar-refractivity contribution is 5.95. The van der Waals surface area contributed by atoms with E-state index in [1.54, 1.807) is 36.4 Å². The lowest BCUT2D eigenvalue weighted by Gasteiger charge is -2.28. The first kappa shape index (κ1) is 39.7. The number of carbonyl (C=O) groups excluding carboxylic acids is 2. The van der Waals surface area contributed by atoms with Gasteiger partial charge in [-0.05, 0) is 104 Å². The zero-order chi connectivity index (χ0) is 37.5. The summed E-state index contributed by atoms with van der Waals surface area (Å²) >= 11 is 0. The average Bonchev–Trinajstić information content (AvgIpc) is 3.14. The molecule has 8 N–H and O–H groups in total. The van der Waals surface area contributed by atoms with E-state index < -0.39 is 11.8 Å². The van der Waals surface area contributed by atoms with Crippen molar-refractivity contribution >= 4 is 17.5 Å². The molecule has 0 heterocycles. The van der Waals surface area contributed by atoms with Gasteiger partial charge in [-0.1, -0.05) is 60.2 Å². The minimum absolute atomic E-state index is 0.292. The highest BCUT2D eigenvalue weighted by Gasteiger charge is 2.37. The van der Waals surface area contributed by atoms with Crippen LogP contribution in [0.15, 0.2) is 78.9 Å². The number of benzene rings is 4. The normalized spacial score (nSPS) is 12.1. The fraction of sp³-hybridized carbons (Fsp3) is 0.381. The van der Waals surface area contributed by atoms with Crippen LogP contribution in [0.2, 0.25) is 0 Å². The molecule has 0 saturated heterocycles. The van der Waals surface area contributed by atoms with Gasteiger partial charge >= 0.3 is 0 Å². The number of amides is 2. The molecule has 0 aliphatic rings. The smallest absolute Gasteiger partial charge is 0.228 e. The second-order valence-corrected chi connectivity index (χ2v) is 13.1. The predicted octanol–water partition coefficient (Wildman–Crippen LogP) is 5.24. The van der Waals surface area contributed by atoms with Crippen LogP contribution in [0, 0.1) is 20.8 Å². The molecule has 0 aliphatic heterocycles. The summed E-state index contributed by atoms with van der Waals surface area (Å²) in [6, 6.07) is 25.3. The maximum atomic E-state index is 14.4. The maximum Gasteiger partial charge on any atom is 0.228 e. The SMILES string of the molecule is COc1cc(C(C(=O)NCCCc2cccc(C)c2)C(C(=O)NCCCc2ccc(C)c(C)c2)c2ccc(OCCN)c(N)c2)ccc1OCCN. The largest absolute Gasteiger partial charge is 0.493 e. The van der Waals surface area contributed by atoms with Crippen molar-refractivity contribution in [1.29, 1.82) is 0 Å². The number of carbonyl (C=O) groups is 2. The van der Waals surface area contributed by atoms with E-state index in [1.165, 1.54) is 34.9 Å². The van der Waals surface area contributed by atoms with E-state index in [1.807, 2.05) is 6.07 Å². The third-order valence-corrected chi connectivity index (χ3v) is 9.13. The van der Waals surface area contributed by atoms with Crippen LogP contribution in [-0.2, 0) is 22.4 Å². The lowest BCUT2D eigenvalue weighted by Crippen LogP contribution is -2.40. The molecular formula is C42H55N5O5. The maximum absolute atomic E-state index is 14.4. The van der Waals surface area contributed by atoms with Crippen LogP contribution < -0.4 is 42.0 Å². The highest BCUT2D eigenvalue weighted by atomic mass is 16.5. The average molecular weight is 710 g/mol. The van der Waals surface area contributed by atoms with Crippen LogP contribution in [0.3, 0.4) is 0 Å². The van der Waals surface area contributed by atoms with E-state index in [-0.39, 0.29) is 11.8 Å². The second kappa shape index (κ2) is 20.1. The van der Waals surface area contributed by atoms with Gasteiger partial charge < -0.3 is 42.0 Å². The molecule has 278 valence electrons. The first-order valence-electron chi connectivity index (χ1n) is 18.0. The summed E-state index contributed by atoms with van der Waals surface area (Å²) in [6.07, 6.45) is 3.07. The van der Waals surface area contributed by atoms with Gasteiger partial charge in [0.1, 0.15) is 19.0 Å². The minimum atomic E-state index is -0.940. The molecular weight excluding hydrogens is 654 g/mol. The van der Waals surface area contributed by atoms with Gasteiger partial charge in [-0.15, -0.1) is 0 Å². The summed E-state index contributed by atoms with van der Waals surface area (Å²) in [5, 5.41) is 6.27. The van der Waals surface area contributed by atoms with E-state index in [9.17, 15) is 9.59 Å². The Bertz CT molecular complexity index is 1780. The number of nitrogen functional groups attached to an aromatic ring is 1. The predicted molar refractivity (Wildman–Crippen MR) is 208 cm³/mol. The molecule has 0 saturated carbocycles. The topological polar surface area (TPSA) is 164 Å². The summed E-state index contributed by atoms with van der Waals surface area (Å²) in [5.74, 6) is -1.08. The van der Waals surface area contributed by atoms with Crippen LogP contribution in [0.1, 0.15) is 63.6 Å². The van der Waals surface area contributed by atoms with Crippen molar-refractivity contribution in [1.82, 2.24) is 10.6 Å². The van der Waals surface area contributed by atoms with E-state index >= 15 is 0 Å². The number of aryl methyl sites for hydroxylation is 5. The Balaban J connectivity index is 1.67. The summed E-state index contributed by atoms with van der Waals surface area (Å²) in [5.41, 5.74) is 25.4. The molecule has 52 heavy (non-hydrogen) atoms. The molecule has 2 atom stereocenters. The van der Waals surface area contributed by atoms with Crippen molar-refractivity contribution in [2.75, 3.05) is 52.2 Å². The van der Waals surface area contributed by atoms with Crippen LogP contribution >= 0.6 is 0 Å². The molecule has 0 fully saturated rings. The van der Waals surface area contributed by atoms with Crippen molar-refractivity contribution in [2.24, 2.45) is 11.5 Å². The number of methoxy groups -OCH3 is 1. The lowest BCUT2D eigenvalue weighted by molar-refractivity contribution is -0.129. The Labute approximate surface area is 308 Å². The molecule has 0 bridgehead atoms. The monoisotopic (exact) mass is 709 g/mol. The van der Waals surface area contributed by atoms with Gasteiger partial charge in [0.2, 0.25) is 11.8 Å². The molecule has 0 radical (unpaired) electrons. The molecule has 4 aromatic carbocycles. The number of hydrogen-bond donors (Lipinski definition) is 5. The zero-order valence-electron chi connectivity index (χ0n) is 31.0. The van der Waals surface area contributed by atoms with Gasteiger partial charge in [0.05, 0.1) is 24.6 Å². The Kier molecular flexibility index (Phi) is 15.4. The first-order valence-corrected chi connectivity index (χ1v) is 18.0. The summed E-state index contributed by atoms with van der Waals surface area (Å²) in [4.78, 5) is 28.8. The summed E-state index contributed by atoms with van der Waals surface area (Å²) in [7, 11) is 1.54. The van der Waals surface area contributed by atoms with Crippen molar-refractivity contribution in [2.45, 2.75) is 58.3 Å². The molecule has 0 aromatic heterocycles. The molecule has 2 unspecified atom stereocenters. The number of anilines is 1. The molecule has 4 rings (SSSR count). The van der Waals surface area contributed by atoms with Crippen LogP contribution in [0.5, 0.6) is 17.2 Å². The summed E-state index contributed by atoms with van der Waals surface area (Å²) in [6.45, 7) is 8.36. The Morgan fingerprint density at radius 2 is 1.23 bits per heavy atom. The van der Waals surface area contributed by atoms with Crippen molar-refractivity contribution in [3.63, 3.8) is 0 Å². The molecule has 2 amide bonds. The Morgan fingerprint density at radius 1 is 0.654 bits per heavy atom. The number of rotatable bonds is 20. The van der Waals surface area contributed by atoms with Gasteiger partial charge in [-0.25, -0.2) is 0 Å². The fourth-order valence-corrected chi connectivity index (χ4v) is 6.27. The lowest BCUT2D eigenvalue weighted by atomic mass is 9.79. The Morgan fingerprint density at radius 3 is 1.79 bits per heavy atom. The van der Waals surface area contributed by atoms with Gasteiger partial charge in [0.15, 0.2) is 11.5 Å². The van der Waals surface area contributed by atoms with Crippen LogP contribution in [0.25, 0.3) is 0 Å². The van der Waals surface area contributed by atoms with Gasteiger partial charge in [-0.3, -0.25) is 9.59 Å². The highest BCUT2D eigenvalue weighted by Crippen LogP contribution is 2.40. The van der Waals surface area contributed by atoms with Crippen molar-refractivity contribution < 1.29 is 23.8 Å². The molecule has 10 heteroatoms. The Hall–Kier alpha value is -5.06. The van der Waals surface area contributed by atoms with Crippen LogP contribution in [0.4, 0.5) is 5.69 Å². The third-order valence-electron chi connectivity index (χ3n) is 9.13. The molecule has 0 aliphatic carbocycles. The van der Waals surface area contributed by atoms with E-state index in [0.29, 0.717) is 73.5 Å². The van der Waals surface area contributed by atoms with E-state index in [2.05, 4.69) is 67.8 Å². The van der Waals surface area contributed by atoms with Gasteiger partial charge in [-0.2, -0.15) is 0 Å². The number of nitrogens with one attached hydrogen (secondary N) is 2. The summed E-state index contributed by atoms with van der Waals surface area (Å²) < 4.78 is 17.2. The standard InChI is InChI=1S/C42H55N5O5/c1-28-8-5-9-31(24-28)10-6-20-47-42(49)40(34-15-17-37(52-23-19-44)38(27-34)50-4)39(33-14-16-36(35(45)26-33)51-22-18-43)41(48)46-21-7-11-32-13-12-29(2)30(3)25-32/h5,8-9,12-17,24-27,39-40H,6-7,10-11,18-23,43-45H2,1-4H3,(H,46,48)(H,47,49). The molecule has 0 spiro atoms. The first-order chi connectivity index (χ1) is 25.1. The van der Waals surface area contributed by atoms with Gasteiger partial charge in [0.25, 0.3) is 0 Å². The fourth-order valence-electron chi connectivity index (χ4n) is 6.27. The molecule has 4 aromatic rings. The van der Waals surface area contributed by atoms with E-state index in [0.717, 1.165) is 25.7 Å². The van der Waals surface area contributed by atoms with Crippen molar-refractivity contribution in [3.8, 4) is 17.2 Å². The van der Waals surface area contributed by atoms with Gasteiger partial charge in [0, 0.05) is 26.2 Å². The minimum Gasteiger partial charge on any atom is -0.493 e.